The summed E-state index contributed by atoms with van der Waals surface area (Å²) in [6.45, 7) is 0. The number of carbonyl (C=O) groups is 1. The molecule has 1 heterocycles. The maximum atomic E-state index is 12.5. The van der Waals surface area contributed by atoms with Gasteiger partial charge in [-0.3, -0.25) is 9.48 Å². The third-order valence-corrected chi connectivity index (χ3v) is 3.22. The Bertz CT molecular complexity index is 652. The van der Waals surface area contributed by atoms with Gasteiger partial charge in [0, 0.05) is 17.6 Å². The lowest BCUT2D eigenvalue weighted by Crippen LogP contribution is -2.16. The summed E-state index contributed by atoms with van der Waals surface area (Å²) < 4.78 is 39.1. The molecule has 8 heteroatoms. The fourth-order valence-electron chi connectivity index (χ4n) is 1.57. The van der Waals surface area contributed by atoms with Gasteiger partial charge in [0.05, 0.1) is 5.69 Å². The van der Waals surface area contributed by atoms with Gasteiger partial charge >= 0.3 is 6.18 Å². The van der Waals surface area contributed by atoms with E-state index in [2.05, 4.69) is 26.3 Å². The molecule has 0 aliphatic heterocycles. The van der Waals surface area contributed by atoms with E-state index in [9.17, 15) is 18.0 Å². The number of nitrogens with one attached hydrogen (secondary N) is 1. The minimum absolute atomic E-state index is 0.173. The number of anilines is 1. The molecule has 106 valence electrons. The summed E-state index contributed by atoms with van der Waals surface area (Å²) in [4.78, 5) is 12.0. The molecule has 20 heavy (non-hydrogen) atoms. The third-order valence-electron chi connectivity index (χ3n) is 2.52. The molecule has 0 fully saturated rings. The number of alkyl halides is 3. The van der Waals surface area contributed by atoms with Gasteiger partial charge < -0.3 is 5.32 Å². The zero-order valence-electron chi connectivity index (χ0n) is 10.2. The number of hydrogen-bond donors (Lipinski definition) is 1. The lowest BCUT2D eigenvalue weighted by atomic mass is 10.3. The summed E-state index contributed by atoms with van der Waals surface area (Å²) in [5.41, 5.74) is -0.808. The van der Waals surface area contributed by atoms with Gasteiger partial charge in [-0.25, -0.2) is 0 Å². The molecule has 1 amide bonds. The van der Waals surface area contributed by atoms with E-state index in [4.69, 9.17) is 0 Å². The van der Waals surface area contributed by atoms with Crippen LogP contribution in [0.2, 0.25) is 0 Å². The molecule has 0 bridgehead atoms. The Morgan fingerprint density at radius 3 is 2.55 bits per heavy atom. The smallest absolute Gasteiger partial charge is 0.320 e. The predicted octanol–water partition coefficient (Wildman–Crippen LogP) is 3.45. The molecule has 0 aliphatic rings. The molecule has 0 saturated carbocycles. The highest BCUT2D eigenvalue weighted by Gasteiger charge is 2.35. The van der Waals surface area contributed by atoms with Gasteiger partial charge in [0.2, 0.25) is 0 Å². The first-order valence-electron chi connectivity index (χ1n) is 5.46. The number of amides is 1. The van der Waals surface area contributed by atoms with Gasteiger partial charge in [0.1, 0.15) is 5.69 Å². The normalized spacial score (nSPS) is 11.4. The molecule has 0 atom stereocenters. The topological polar surface area (TPSA) is 46.9 Å². The second kappa shape index (κ2) is 5.28. The van der Waals surface area contributed by atoms with E-state index >= 15 is 0 Å². The Morgan fingerprint density at radius 1 is 1.35 bits per heavy atom. The molecule has 0 aliphatic carbocycles. The van der Waals surface area contributed by atoms with Gasteiger partial charge in [0.15, 0.2) is 5.69 Å². The van der Waals surface area contributed by atoms with E-state index in [1.54, 1.807) is 24.3 Å². The number of halogens is 4. The van der Waals surface area contributed by atoms with Crippen molar-refractivity contribution in [3.63, 3.8) is 0 Å². The summed E-state index contributed by atoms with van der Waals surface area (Å²) in [7, 11) is 1.28. The maximum Gasteiger partial charge on any atom is 0.435 e. The van der Waals surface area contributed by atoms with Crippen LogP contribution in [-0.4, -0.2) is 15.7 Å². The molecule has 0 saturated heterocycles. The summed E-state index contributed by atoms with van der Waals surface area (Å²) in [5.74, 6) is -0.664. The highest BCUT2D eigenvalue weighted by Crippen LogP contribution is 2.29. The van der Waals surface area contributed by atoms with Crippen molar-refractivity contribution >= 4 is 27.5 Å². The van der Waals surface area contributed by atoms with Gasteiger partial charge in [-0.05, 0) is 28.1 Å². The van der Waals surface area contributed by atoms with E-state index in [-0.39, 0.29) is 5.69 Å². The van der Waals surface area contributed by atoms with Crippen molar-refractivity contribution in [1.29, 1.82) is 0 Å². The van der Waals surface area contributed by atoms with Crippen LogP contribution >= 0.6 is 15.9 Å². The van der Waals surface area contributed by atoms with Crippen LogP contribution in [0.1, 0.15) is 16.2 Å². The van der Waals surface area contributed by atoms with E-state index in [1.165, 1.54) is 7.05 Å². The van der Waals surface area contributed by atoms with Crippen molar-refractivity contribution in [3.05, 3.63) is 46.2 Å². The number of rotatable bonds is 2. The fourth-order valence-corrected chi connectivity index (χ4v) is 1.95. The van der Waals surface area contributed by atoms with Crippen molar-refractivity contribution in [3.8, 4) is 0 Å². The van der Waals surface area contributed by atoms with Crippen LogP contribution in [-0.2, 0) is 13.2 Å². The van der Waals surface area contributed by atoms with E-state index in [0.717, 1.165) is 4.68 Å². The number of aryl methyl sites for hydroxylation is 1. The van der Waals surface area contributed by atoms with Crippen molar-refractivity contribution in [2.75, 3.05) is 5.32 Å². The minimum Gasteiger partial charge on any atom is -0.320 e. The van der Waals surface area contributed by atoms with Crippen molar-refractivity contribution in [2.24, 2.45) is 7.05 Å². The monoisotopic (exact) mass is 347 g/mol. The average molecular weight is 348 g/mol. The predicted molar refractivity (Wildman–Crippen MR) is 70.3 cm³/mol. The second-order valence-corrected chi connectivity index (χ2v) is 4.82. The number of para-hydroxylation sites is 1. The number of aromatic nitrogens is 2. The lowest BCUT2D eigenvalue weighted by Gasteiger charge is -2.06. The quantitative estimate of drug-likeness (QED) is 0.904. The number of carbonyl (C=O) groups excluding carboxylic acids is 1. The second-order valence-electron chi connectivity index (χ2n) is 3.97. The van der Waals surface area contributed by atoms with E-state index in [0.29, 0.717) is 16.2 Å². The molecule has 1 aromatic carbocycles. The molecule has 0 unspecified atom stereocenters. The SMILES string of the molecule is Cn1nc(C(F)(F)F)cc1C(=O)Nc1ccccc1Br. The Labute approximate surface area is 120 Å². The first kappa shape index (κ1) is 14.6. The summed E-state index contributed by atoms with van der Waals surface area (Å²) in [6.07, 6.45) is -4.58. The summed E-state index contributed by atoms with van der Waals surface area (Å²) in [6, 6.07) is 7.51. The molecular weight excluding hydrogens is 339 g/mol. The molecule has 0 spiro atoms. The molecule has 2 aromatic rings. The fraction of sp³-hybridized carbons (Fsp3) is 0.167. The first-order valence-corrected chi connectivity index (χ1v) is 6.25. The van der Waals surface area contributed by atoms with E-state index < -0.39 is 17.8 Å². The molecule has 0 radical (unpaired) electrons. The van der Waals surface area contributed by atoms with Crippen molar-refractivity contribution < 1.29 is 18.0 Å². The van der Waals surface area contributed by atoms with Gasteiger partial charge in [-0.2, -0.15) is 18.3 Å². The Kier molecular flexibility index (Phi) is 3.85. The Hall–Kier alpha value is -1.83. The largest absolute Gasteiger partial charge is 0.435 e. The third kappa shape index (κ3) is 3.01. The van der Waals surface area contributed by atoms with Crippen LogP contribution in [0.15, 0.2) is 34.8 Å². The van der Waals surface area contributed by atoms with Gasteiger partial charge in [-0.15, -0.1) is 0 Å². The summed E-state index contributed by atoms with van der Waals surface area (Å²) >= 11 is 3.24. The van der Waals surface area contributed by atoms with Crippen LogP contribution in [0, 0.1) is 0 Å². The molecule has 2 rings (SSSR count). The number of nitrogens with zero attached hydrogens (tertiary/aromatic N) is 2. The van der Waals surface area contributed by atoms with Crippen molar-refractivity contribution in [2.45, 2.75) is 6.18 Å². The molecule has 4 nitrogen and oxygen atoms in total. The molecule has 1 aromatic heterocycles. The van der Waals surface area contributed by atoms with Gasteiger partial charge in [0.25, 0.3) is 5.91 Å². The van der Waals surface area contributed by atoms with Crippen LogP contribution in [0.4, 0.5) is 18.9 Å². The highest BCUT2D eigenvalue weighted by atomic mass is 79.9. The maximum absolute atomic E-state index is 12.5. The zero-order valence-corrected chi connectivity index (χ0v) is 11.8. The molecular formula is C12H9BrF3N3O. The van der Waals surface area contributed by atoms with Crippen LogP contribution < -0.4 is 5.32 Å². The van der Waals surface area contributed by atoms with Crippen LogP contribution in [0.5, 0.6) is 0 Å². The van der Waals surface area contributed by atoms with Gasteiger partial charge in [-0.1, -0.05) is 12.1 Å². The Balaban J connectivity index is 2.27. The van der Waals surface area contributed by atoms with E-state index in [1.807, 2.05) is 0 Å². The number of benzene rings is 1. The van der Waals surface area contributed by atoms with Crippen LogP contribution in [0.3, 0.4) is 0 Å². The number of hydrogen-bond acceptors (Lipinski definition) is 2. The lowest BCUT2D eigenvalue weighted by molar-refractivity contribution is -0.141. The zero-order chi connectivity index (χ0) is 14.9. The summed E-state index contributed by atoms with van der Waals surface area (Å²) in [5, 5.41) is 5.80. The van der Waals surface area contributed by atoms with Crippen molar-refractivity contribution in [1.82, 2.24) is 9.78 Å². The standard InChI is InChI=1S/C12H9BrF3N3O/c1-19-9(6-10(18-19)12(14,15)16)11(20)17-8-5-3-2-4-7(8)13/h2-6H,1H3,(H,17,20). The highest BCUT2D eigenvalue weighted by molar-refractivity contribution is 9.10. The minimum atomic E-state index is -4.58. The Morgan fingerprint density at radius 2 is 2.00 bits per heavy atom. The van der Waals surface area contributed by atoms with Crippen LogP contribution in [0.25, 0.3) is 0 Å². The average Bonchev–Trinajstić information content (AvgIpc) is 2.74. The molecule has 1 N–H and O–H groups in total. The first-order chi connectivity index (χ1) is 9.29.